The van der Waals surface area contributed by atoms with Gasteiger partial charge in [-0.3, -0.25) is 14.5 Å². The minimum Gasteiger partial charge on any atom is -0.369 e. The van der Waals surface area contributed by atoms with Gasteiger partial charge in [0.2, 0.25) is 11.8 Å². The van der Waals surface area contributed by atoms with E-state index >= 15 is 0 Å². The Bertz CT molecular complexity index is 472. The van der Waals surface area contributed by atoms with Crippen LogP contribution in [0, 0.1) is 6.92 Å². The molecule has 0 aliphatic carbocycles. The number of hydrogen-bond donors (Lipinski definition) is 3. The highest BCUT2D eigenvalue weighted by Gasteiger charge is 2.26. The van der Waals surface area contributed by atoms with Crippen LogP contribution in [0.1, 0.15) is 24.1 Å². The second-order valence-electron chi connectivity index (χ2n) is 5.06. The number of nitrogens with two attached hydrogens (primary N) is 3. The average Bonchev–Trinajstić information content (AvgIpc) is 2.26. The van der Waals surface area contributed by atoms with Gasteiger partial charge in [0, 0.05) is 6.04 Å². The first-order valence-electron chi connectivity index (χ1n) is 6.44. The Hall–Kier alpha value is -1.92. The van der Waals surface area contributed by atoms with E-state index in [2.05, 4.69) is 0 Å². The van der Waals surface area contributed by atoms with Gasteiger partial charge in [0.05, 0.1) is 19.1 Å². The van der Waals surface area contributed by atoms with Gasteiger partial charge in [-0.25, -0.2) is 0 Å². The van der Waals surface area contributed by atoms with E-state index in [1.54, 1.807) is 4.90 Å². The number of hydrogen-bond acceptors (Lipinski definition) is 4. The van der Waals surface area contributed by atoms with Crippen molar-refractivity contribution < 1.29 is 9.59 Å². The van der Waals surface area contributed by atoms with E-state index in [9.17, 15) is 9.59 Å². The van der Waals surface area contributed by atoms with Crippen LogP contribution in [0.4, 0.5) is 0 Å². The van der Waals surface area contributed by atoms with E-state index in [1.807, 2.05) is 38.1 Å². The monoisotopic (exact) mass is 278 g/mol. The molecule has 0 fully saturated rings. The topological polar surface area (TPSA) is 115 Å². The summed E-state index contributed by atoms with van der Waals surface area (Å²) in [6.07, 6.45) is 0. The van der Waals surface area contributed by atoms with Crippen LogP contribution in [0.15, 0.2) is 24.3 Å². The van der Waals surface area contributed by atoms with E-state index in [0.29, 0.717) is 0 Å². The SMILES string of the molecule is Cc1cccc(C(C(C)N)N(CC(N)=O)CC(N)=O)c1. The Morgan fingerprint density at radius 1 is 1.20 bits per heavy atom. The van der Waals surface area contributed by atoms with E-state index in [1.165, 1.54) is 0 Å². The summed E-state index contributed by atoms with van der Waals surface area (Å²) >= 11 is 0. The minimum absolute atomic E-state index is 0.0664. The number of aryl methyl sites for hydroxylation is 1. The zero-order valence-corrected chi connectivity index (χ0v) is 11.9. The van der Waals surface area contributed by atoms with Crippen LogP contribution in [0.25, 0.3) is 0 Å². The van der Waals surface area contributed by atoms with Crippen LogP contribution in [0.3, 0.4) is 0 Å². The molecule has 0 aromatic heterocycles. The molecule has 6 N–H and O–H groups in total. The Labute approximate surface area is 118 Å². The molecule has 0 aliphatic rings. The molecule has 0 saturated heterocycles. The third-order valence-electron chi connectivity index (χ3n) is 2.99. The summed E-state index contributed by atoms with van der Waals surface area (Å²) in [5, 5.41) is 0. The van der Waals surface area contributed by atoms with Gasteiger partial charge in [-0.15, -0.1) is 0 Å². The summed E-state index contributed by atoms with van der Waals surface area (Å²) in [5.74, 6) is -1.05. The molecule has 2 amide bonds. The van der Waals surface area contributed by atoms with Crippen molar-refractivity contribution in [2.45, 2.75) is 25.9 Å². The molecule has 0 heterocycles. The summed E-state index contributed by atoms with van der Waals surface area (Å²) in [6.45, 7) is 3.66. The summed E-state index contributed by atoms with van der Waals surface area (Å²) < 4.78 is 0. The largest absolute Gasteiger partial charge is 0.369 e. The van der Waals surface area contributed by atoms with Crippen molar-refractivity contribution in [1.82, 2.24) is 4.90 Å². The third kappa shape index (κ3) is 4.64. The Balaban J connectivity index is 3.12. The zero-order chi connectivity index (χ0) is 15.3. The first kappa shape index (κ1) is 16.1. The molecule has 1 aromatic rings. The van der Waals surface area contributed by atoms with Gasteiger partial charge < -0.3 is 17.2 Å². The van der Waals surface area contributed by atoms with Crippen LogP contribution >= 0.6 is 0 Å². The maximum absolute atomic E-state index is 11.2. The lowest BCUT2D eigenvalue weighted by atomic mass is 9.97. The fourth-order valence-corrected chi connectivity index (χ4v) is 2.35. The second kappa shape index (κ2) is 7.02. The molecule has 6 heteroatoms. The van der Waals surface area contributed by atoms with Crippen LogP contribution in [-0.4, -0.2) is 35.8 Å². The first-order chi connectivity index (χ1) is 9.31. The highest BCUT2D eigenvalue weighted by Crippen LogP contribution is 2.24. The first-order valence-corrected chi connectivity index (χ1v) is 6.44. The average molecular weight is 278 g/mol. The lowest BCUT2D eigenvalue weighted by molar-refractivity contribution is -0.123. The number of primary amides is 2. The molecular formula is C14H22N4O2. The number of rotatable bonds is 7. The molecule has 1 aromatic carbocycles. The molecule has 110 valence electrons. The highest BCUT2D eigenvalue weighted by molar-refractivity contribution is 5.79. The molecule has 1 rings (SSSR count). The molecule has 0 aliphatic heterocycles. The van der Waals surface area contributed by atoms with Crippen molar-refractivity contribution in [2.24, 2.45) is 17.2 Å². The third-order valence-corrected chi connectivity index (χ3v) is 2.99. The summed E-state index contributed by atoms with van der Waals surface area (Å²) in [6, 6.07) is 7.19. The van der Waals surface area contributed by atoms with Gasteiger partial charge >= 0.3 is 0 Å². The molecule has 20 heavy (non-hydrogen) atoms. The fourth-order valence-electron chi connectivity index (χ4n) is 2.35. The van der Waals surface area contributed by atoms with Gasteiger partial charge in [0.15, 0.2) is 0 Å². The predicted octanol–water partition coefficient (Wildman–Crippen LogP) is -0.344. The van der Waals surface area contributed by atoms with E-state index < -0.39 is 11.8 Å². The number of amides is 2. The predicted molar refractivity (Wildman–Crippen MR) is 77.5 cm³/mol. The number of benzene rings is 1. The lowest BCUT2D eigenvalue weighted by Crippen LogP contribution is -2.47. The minimum atomic E-state index is -0.524. The molecule has 0 bridgehead atoms. The number of nitrogens with zero attached hydrogens (tertiary/aromatic N) is 1. The Kier molecular flexibility index (Phi) is 5.66. The molecule has 0 spiro atoms. The maximum Gasteiger partial charge on any atom is 0.231 e. The van der Waals surface area contributed by atoms with Crippen LogP contribution in [-0.2, 0) is 9.59 Å². The molecule has 0 saturated carbocycles. The number of carbonyl (C=O) groups excluding carboxylic acids is 2. The molecular weight excluding hydrogens is 256 g/mol. The normalized spacial score (nSPS) is 14.0. The van der Waals surface area contributed by atoms with Gasteiger partial charge in [-0.1, -0.05) is 29.8 Å². The van der Waals surface area contributed by atoms with Crippen molar-refractivity contribution in [3.63, 3.8) is 0 Å². The fraction of sp³-hybridized carbons (Fsp3) is 0.429. The lowest BCUT2D eigenvalue weighted by Gasteiger charge is -2.33. The van der Waals surface area contributed by atoms with Crippen molar-refractivity contribution >= 4 is 11.8 Å². The Morgan fingerprint density at radius 3 is 2.15 bits per heavy atom. The standard InChI is InChI=1S/C14H22N4O2/c1-9-4-3-5-11(6-9)14(10(2)15)18(7-12(16)19)8-13(17)20/h3-6,10,14H,7-8,15H2,1-2H3,(H2,16,19)(H2,17,20). The van der Waals surface area contributed by atoms with E-state index in [0.717, 1.165) is 11.1 Å². The number of carbonyl (C=O) groups is 2. The Morgan fingerprint density at radius 2 is 1.75 bits per heavy atom. The highest BCUT2D eigenvalue weighted by atomic mass is 16.2. The van der Waals surface area contributed by atoms with Crippen LogP contribution in [0.2, 0.25) is 0 Å². The van der Waals surface area contributed by atoms with E-state index in [4.69, 9.17) is 17.2 Å². The van der Waals surface area contributed by atoms with Gasteiger partial charge in [-0.2, -0.15) is 0 Å². The van der Waals surface area contributed by atoms with Gasteiger partial charge in [-0.05, 0) is 19.4 Å². The van der Waals surface area contributed by atoms with Gasteiger partial charge in [0.1, 0.15) is 0 Å². The van der Waals surface area contributed by atoms with Crippen molar-refractivity contribution in [3.8, 4) is 0 Å². The van der Waals surface area contributed by atoms with Gasteiger partial charge in [0.25, 0.3) is 0 Å². The zero-order valence-electron chi connectivity index (χ0n) is 11.9. The summed E-state index contributed by atoms with van der Waals surface area (Å²) in [5.41, 5.74) is 18.5. The van der Waals surface area contributed by atoms with Crippen molar-refractivity contribution in [2.75, 3.05) is 13.1 Å². The maximum atomic E-state index is 11.2. The summed E-state index contributed by atoms with van der Waals surface area (Å²) in [4.78, 5) is 24.0. The second-order valence-corrected chi connectivity index (χ2v) is 5.06. The van der Waals surface area contributed by atoms with E-state index in [-0.39, 0.29) is 25.2 Å². The van der Waals surface area contributed by atoms with Crippen molar-refractivity contribution in [3.05, 3.63) is 35.4 Å². The molecule has 6 nitrogen and oxygen atoms in total. The van der Waals surface area contributed by atoms with Crippen LogP contribution < -0.4 is 17.2 Å². The molecule has 2 atom stereocenters. The smallest absolute Gasteiger partial charge is 0.231 e. The molecule has 0 radical (unpaired) electrons. The quantitative estimate of drug-likeness (QED) is 0.632. The molecule has 2 unspecified atom stereocenters. The summed E-state index contributed by atoms with van der Waals surface area (Å²) in [7, 11) is 0. The van der Waals surface area contributed by atoms with Crippen molar-refractivity contribution in [1.29, 1.82) is 0 Å². The van der Waals surface area contributed by atoms with Crippen LogP contribution in [0.5, 0.6) is 0 Å².